The summed E-state index contributed by atoms with van der Waals surface area (Å²) in [5.41, 5.74) is 0. The molecule has 0 saturated carbocycles. The van der Waals surface area contributed by atoms with Crippen molar-refractivity contribution in [2.45, 2.75) is 6.29 Å². The summed E-state index contributed by atoms with van der Waals surface area (Å²) < 4.78 is 19.4. The van der Waals surface area contributed by atoms with Crippen LogP contribution in [0, 0.1) is 0 Å². The van der Waals surface area contributed by atoms with Crippen molar-refractivity contribution in [2.75, 3.05) is 20.8 Å². The highest BCUT2D eigenvalue weighted by molar-refractivity contribution is 5.63. The Labute approximate surface area is 93.9 Å². The van der Waals surface area contributed by atoms with E-state index >= 15 is 0 Å². The summed E-state index contributed by atoms with van der Waals surface area (Å²) in [6.07, 6.45) is -1.37. The predicted molar refractivity (Wildman–Crippen MR) is 56.2 cm³/mol. The van der Waals surface area contributed by atoms with Crippen molar-refractivity contribution in [2.24, 2.45) is 0 Å². The van der Waals surface area contributed by atoms with Gasteiger partial charge in [0.25, 0.3) is 0 Å². The number of ether oxygens (including phenoxy) is 4. The van der Waals surface area contributed by atoms with Gasteiger partial charge in [0.1, 0.15) is 12.4 Å². The van der Waals surface area contributed by atoms with E-state index < -0.39 is 12.4 Å². The molecule has 0 radical (unpaired) electrons. The van der Waals surface area contributed by atoms with Gasteiger partial charge in [-0.1, -0.05) is 18.2 Å². The second-order valence-corrected chi connectivity index (χ2v) is 2.88. The molecule has 0 atom stereocenters. The minimum absolute atomic E-state index is 0.0152. The molecule has 5 heteroatoms. The van der Waals surface area contributed by atoms with Crippen molar-refractivity contribution in [1.29, 1.82) is 0 Å². The van der Waals surface area contributed by atoms with Crippen LogP contribution in [0.1, 0.15) is 0 Å². The molecule has 0 amide bonds. The lowest BCUT2D eigenvalue weighted by molar-refractivity contribution is -0.130. The minimum atomic E-state index is -0.787. The van der Waals surface area contributed by atoms with E-state index in [1.54, 1.807) is 24.3 Å². The third kappa shape index (κ3) is 4.29. The first-order chi connectivity index (χ1) is 7.76. The van der Waals surface area contributed by atoms with Crippen LogP contribution in [0.4, 0.5) is 4.79 Å². The van der Waals surface area contributed by atoms with Gasteiger partial charge in [0.15, 0.2) is 6.29 Å². The molecule has 16 heavy (non-hydrogen) atoms. The summed E-state index contributed by atoms with van der Waals surface area (Å²) in [6.45, 7) is -0.0152. The van der Waals surface area contributed by atoms with Gasteiger partial charge in [0.2, 0.25) is 0 Å². The molecule has 88 valence electrons. The average Bonchev–Trinajstić information content (AvgIpc) is 2.31. The number of carbonyl (C=O) groups excluding carboxylic acids is 1. The maximum atomic E-state index is 11.2. The highest BCUT2D eigenvalue weighted by Crippen LogP contribution is 2.09. The number of hydrogen-bond acceptors (Lipinski definition) is 5. The van der Waals surface area contributed by atoms with Gasteiger partial charge < -0.3 is 18.9 Å². The van der Waals surface area contributed by atoms with E-state index in [0.717, 1.165) is 0 Å². The van der Waals surface area contributed by atoms with Crippen LogP contribution in [0.25, 0.3) is 0 Å². The monoisotopic (exact) mass is 226 g/mol. The lowest BCUT2D eigenvalue weighted by Gasteiger charge is -2.12. The number of benzene rings is 1. The second-order valence-electron chi connectivity index (χ2n) is 2.88. The van der Waals surface area contributed by atoms with Gasteiger partial charge in [0, 0.05) is 14.2 Å². The van der Waals surface area contributed by atoms with Crippen molar-refractivity contribution in [3.05, 3.63) is 30.3 Å². The second kappa shape index (κ2) is 6.81. The lowest BCUT2D eigenvalue weighted by atomic mass is 10.3. The van der Waals surface area contributed by atoms with Gasteiger partial charge in [-0.05, 0) is 12.1 Å². The highest BCUT2D eigenvalue weighted by Gasteiger charge is 2.11. The third-order valence-electron chi connectivity index (χ3n) is 1.81. The molecule has 5 nitrogen and oxygen atoms in total. The molecular formula is C11H14O5. The van der Waals surface area contributed by atoms with Gasteiger partial charge >= 0.3 is 6.16 Å². The van der Waals surface area contributed by atoms with Crippen LogP contribution in [0.2, 0.25) is 0 Å². The molecule has 0 aromatic heterocycles. The fourth-order valence-corrected chi connectivity index (χ4v) is 0.983. The highest BCUT2D eigenvalue weighted by atomic mass is 16.7. The van der Waals surface area contributed by atoms with Crippen molar-refractivity contribution in [1.82, 2.24) is 0 Å². The van der Waals surface area contributed by atoms with Crippen molar-refractivity contribution in [3.8, 4) is 5.75 Å². The van der Waals surface area contributed by atoms with Crippen molar-refractivity contribution >= 4 is 6.16 Å². The Hall–Kier alpha value is -1.59. The molecule has 1 aromatic rings. The minimum Gasteiger partial charge on any atom is -0.429 e. The van der Waals surface area contributed by atoms with Crippen LogP contribution < -0.4 is 4.74 Å². The normalized spacial score (nSPS) is 10.2. The summed E-state index contributed by atoms with van der Waals surface area (Å²) >= 11 is 0. The quantitative estimate of drug-likeness (QED) is 0.435. The number of para-hydroxylation sites is 1. The molecule has 0 unspecified atom stereocenters. The van der Waals surface area contributed by atoms with Gasteiger partial charge in [-0.25, -0.2) is 4.79 Å². The Bertz CT molecular complexity index is 307. The Morgan fingerprint density at radius 1 is 1.19 bits per heavy atom. The van der Waals surface area contributed by atoms with Crippen LogP contribution in [0.3, 0.4) is 0 Å². The first-order valence-electron chi connectivity index (χ1n) is 4.71. The van der Waals surface area contributed by atoms with Gasteiger partial charge in [-0.15, -0.1) is 0 Å². The van der Waals surface area contributed by atoms with E-state index in [4.69, 9.17) is 18.9 Å². The van der Waals surface area contributed by atoms with Crippen LogP contribution in [-0.2, 0) is 14.2 Å². The molecule has 0 fully saturated rings. The molecule has 0 saturated heterocycles. The predicted octanol–water partition coefficient (Wildman–Crippen LogP) is 1.82. The van der Waals surface area contributed by atoms with E-state index in [2.05, 4.69) is 0 Å². The topological polar surface area (TPSA) is 54.0 Å². The zero-order valence-corrected chi connectivity index (χ0v) is 9.21. The summed E-state index contributed by atoms with van der Waals surface area (Å²) in [5.74, 6) is 0.430. The Morgan fingerprint density at radius 2 is 1.81 bits per heavy atom. The first kappa shape index (κ1) is 12.5. The number of carbonyl (C=O) groups is 1. The Kier molecular flexibility index (Phi) is 5.31. The zero-order chi connectivity index (χ0) is 11.8. The Balaban J connectivity index is 2.31. The van der Waals surface area contributed by atoms with Crippen molar-refractivity contribution in [3.63, 3.8) is 0 Å². The zero-order valence-electron chi connectivity index (χ0n) is 9.21. The fourth-order valence-electron chi connectivity index (χ4n) is 0.983. The Morgan fingerprint density at radius 3 is 2.38 bits per heavy atom. The van der Waals surface area contributed by atoms with E-state index in [1.165, 1.54) is 14.2 Å². The number of rotatable bonds is 5. The summed E-state index contributed by atoms with van der Waals surface area (Å²) in [6, 6.07) is 8.66. The van der Waals surface area contributed by atoms with E-state index in [1.807, 2.05) is 6.07 Å². The summed E-state index contributed by atoms with van der Waals surface area (Å²) in [4.78, 5) is 11.2. The van der Waals surface area contributed by atoms with Crippen LogP contribution in [0.5, 0.6) is 5.75 Å². The van der Waals surface area contributed by atoms with E-state index in [-0.39, 0.29) is 6.61 Å². The molecule has 0 heterocycles. The van der Waals surface area contributed by atoms with Crippen LogP contribution in [-0.4, -0.2) is 33.3 Å². The van der Waals surface area contributed by atoms with Gasteiger partial charge in [0.05, 0.1) is 0 Å². The van der Waals surface area contributed by atoms with E-state index in [9.17, 15) is 4.79 Å². The third-order valence-corrected chi connectivity index (χ3v) is 1.81. The molecule has 1 rings (SSSR count). The number of methoxy groups -OCH3 is 2. The lowest BCUT2D eigenvalue weighted by Crippen LogP contribution is -2.23. The average molecular weight is 226 g/mol. The molecular weight excluding hydrogens is 212 g/mol. The summed E-state index contributed by atoms with van der Waals surface area (Å²) in [7, 11) is 2.92. The molecule has 0 aliphatic rings. The largest absolute Gasteiger partial charge is 0.514 e. The number of hydrogen-bond donors (Lipinski definition) is 0. The maximum absolute atomic E-state index is 11.2. The molecule has 0 N–H and O–H groups in total. The van der Waals surface area contributed by atoms with Crippen molar-refractivity contribution < 1.29 is 23.7 Å². The SMILES string of the molecule is COC(COC(=O)Oc1ccccc1)OC. The van der Waals surface area contributed by atoms with Gasteiger partial charge in [-0.3, -0.25) is 0 Å². The summed E-state index contributed by atoms with van der Waals surface area (Å²) in [5, 5.41) is 0. The smallest absolute Gasteiger partial charge is 0.429 e. The molecule has 0 spiro atoms. The molecule has 0 bridgehead atoms. The molecule has 1 aromatic carbocycles. The maximum Gasteiger partial charge on any atom is 0.514 e. The fraction of sp³-hybridized carbons (Fsp3) is 0.364. The van der Waals surface area contributed by atoms with E-state index in [0.29, 0.717) is 5.75 Å². The first-order valence-corrected chi connectivity index (χ1v) is 4.71. The van der Waals surface area contributed by atoms with Gasteiger partial charge in [-0.2, -0.15) is 0 Å². The standard InChI is InChI=1S/C11H14O5/c1-13-10(14-2)8-15-11(12)16-9-6-4-3-5-7-9/h3-7,10H,8H2,1-2H3. The van der Waals surface area contributed by atoms with Crippen LogP contribution >= 0.6 is 0 Å². The van der Waals surface area contributed by atoms with Crippen LogP contribution in [0.15, 0.2) is 30.3 Å². The molecule has 0 aliphatic carbocycles. The molecule has 0 aliphatic heterocycles.